The summed E-state index contributed by atoms with van der Waals surface area (Å²) in [5.41, 5.74) is 6.69. The lowest BCUT2D eigenvalue weighted by atomic mass is 9.47. The van der Waals surface area contributed by atoms with Crippen LogP contribution < -0.4 is 0 Å². The van der Waals surface area contributed by atoms with Gasteiger partial charge in [-0.3, -0.25) is 0 Å². The van der Waals surface area contributed by atoms with Gasteiger partial charge in [0.2, 0.25) is 0 Å². The molecule has 2 aromatic rings. The summed E-state index contributed by atoms with van der Waals surface area (Å²) in [7, 11) is 1.75. The van der Waals surface area contributed by atoms with Crippen LogP contribution in [0.25, 0.3) is 11.1 Å². The number of hydrogen-bond acceptors (Lipinski definition) is 3. The normalized spacial score (nSPS) is 35.9. The van der Waals surface area contributed by atoms with E-state index in [4.69, 9.17) is 0 Å². The van der Waals surface area contributed by atoms with E-state index in [1.165, 1.54) is 62.4 Å². The molecule has 0 bridgehead atoms. The Balaban J connectivity index is 0.000000501. The lowest BCUT2D eigenvalue weighted by Crippen LogP contribution is -2.48. The summed E-state index contributed by atoms with van der Waals surface area (Å²) in [5.74, 6) is 2.53. The number of allylic oxidation sites excluding steroid dienone is 4. The molecular formula is C28H38N4. The first-order chi connectivity index (χ1) is 15.5. The van der Waals surface area contributed by atoms with Crippen molar-refractivity contribution in [2.24, 2.45) is 33.6 Å². The third-order valence-electron chi connectivity index (χ3n) is 9.48. The van der Waals surface area contributed by atoms with Crippen LogP contribution in [0.4, 0.5) is 0 Å². The minimum Gasteiger partial charge on any atom is -0.301 e. The van der Waals surface area contributed by atoms with Crippen LogP contribution in [-0.4, -0.2) is 27.9 Å². The van der Waals surface area contributed by atoms with Crippen LogP contribution in [0, 0.1) is 28.6 Å². The zero-order valence-electron chi connectivity index (χ0n) is 20.2. The molecule has 5 atom stereocenters. The van der Waals surface area contributed by atoms with Gasteiger partial charge in [0, 0.05) is 18.8 Å². The summed E-state index contributed by atoms with van der Waals surface area (Å²) in [6, 6.07) is 2.12. The van der Waals surface area contributed by atoms with Gasteiger partial charge >= 0.3 is 0 Å². The number of rotatable bonds is 1. The summed E-state index contributed by atoms with van der Waals surface area (Å²) < 4.78 is 1.93. The second kappa shape index (κ2) is 8.28. The molecule has 0 spiro atoms. The Morgan fingerprint density at radius 2 is 1.94 bits per heavy atom. The van der Waals surface area contributed by atoms with Gasteiger partial charge < -0.3 is 4.99 Å². The number of aromatic nitrogens is 3. The van der Waals surface area contributed by atoms with Crippen molar-refractivity contribution in [1.82, 2.24) is 14.6 Å². The first-order valence-electron chi connectivity index (χ1n) is 12.6. The van der Waals surface area contributed by atoms with E-state index >= 15 is 0 Å². The highest BCUT2D eigenvalue weighted by atomic mass is 15.2. The maximum absolute atomic E-state index is 4.58. The molecule has 4 unspecified atom stereocenters. The van der Waals surface area contributed by atoms with Crippen LogP contribution in [-0.2, 0) is 0 Å². The lowest BCUT2D eigenvalue weighted by Gasteiger charge is -2.57. The van der Waals surface area contributed by atoms with E-state index < -0.39 is 0 Å². The molecule has 0 aromatic carbocycles. The highest BCUT2D eigenvalue weighted by Crippen LogP contribution is 2.66. The summed E-state index contributed by atoms with van der Waals surface area (Å²) >= 11 is 0. The summed E-state index contributed by atoms with van der Waals surface area (Å²) in [6.07, 6.45) is 23.7. The van der Waals surface area contributed by atoms with Crippen LogP contribution in [0.2, 0.25) is 0 Å². The second-order valence-corrected chi connectivity index (χ2v) is 10.8. The molecule has 0 amide bonds. The fraction of sp³-hybridized carbons (Fsp3) is 0.607. The molecule has 4 aliphatic rings. The van der Waals surface area contributed by atoms with E-state index in [2.05, 4.69) is 53.3 Å². The summed E-state index contributed by atoms with van der Waals surface area (Å²) in [4.78, 5) is 7.84. The summed E-state index contributed by atoms with van der Waals surface area (Å²) in [6.45, 7) is 7.05. The Kier molecular flexibility index (Phi) is 5.59. The van der Waals surface area contributed by atoms with Crippen LogP contribution >= 0.6 is 0 Å². The number of aliphatic imine (C=N–C) groups is 1. The van der Waals surface area contributed by atoms with Gasteiger partial charge in [-0.1, -0.05) is 38.0 Å². The Morgan fingerprint density at radius 3 is 2.75 bits per heavy atom. The third-order valence-corrected chi connectivity index (χ3v) is 9.48. The van der Waals surface area contributed by atoms with Gasteiger partial charge in [-0.05, 0) is 98.3 Å². The van der Waals surface area contributed by atoms with E-state index in [1.54, 1.807) is 18.8 Å². The molecule has 4 heteroatoms. The number of nitrogens with zero attached hydrogens (tertiary/aromatic N) is 4. The highest BCUT2D eigenvalue weighted by molar-refractivity contribution is 5.82. The van der Waals surface area contributed by atoms with Crippen LogP contribution in [0.1, 0.15) is 77.7 Å². The van der Waals surface area contributed by atoms with Crippen LogP contribution in [0.5, 0.6) is 0 Å². The van der Waals surface area contributed by atoms with Crippen molar-refractivity contribution in [3.05, 3.63) is 48.1 Å². The molecule has 4 nitrogen and oxygen atoms in total. The minimum absolute atomic E-state index is 0.296. The maximum atomic E-state index is 4.58. The fourth-order valence-corrected chi connectivity index (χ4v) is 7.74. The lowest BCUT2D eigenvalue weighted by molar-refractivity contribution is -0.00977. The molecule has 2 heterocycles. The van der Waals surface area contributed by atoms with Crippen molar-refractivity contribution < 1.29 is 0 Å². The fourth-order valence-electron chi connectivity index (χ4n) is 7.74. The molecule has 0 aliphatic heterocycles. The van der Waals surface area contributed by atoms with Crippen molar-refractivity contribution in [3.8, 4) is 0 Å². The Labute approximate surface area is 192 Å². The van der Waals surface area contributed by atoms with Crippen molar-refractivity contribution in [2.75, 3.05) is 7.05 Å². The van der Waals surface area contributed by atoms with Crippen LogP contribution in [0.15, 0.2) is 47.5 Å². The second-order valence-electron chi connectivity index (χ2n) is 10.8. The summed E-state index contributed by atoms with van der Waals surface area (Å²) in [5, 5.41) is 4.58. The third kappa shape index (κ3) is 3.21. The Bertz CT molecular complexity index is 1070. The molecule has 2 saturated carbocycles. The standard InChI is InChI=1S/C25H31N3.C3H7N/c1-24-12-4-3-5-17(24)6-7-18-20-8-9-21(25(20,2)13-10-22(18)24)19-15-27-28-16-26-14-11-23(19)28;1-3-4-2/h6,9,11,14-16,18,20,22H,3-5,7-8,10,12-13H2,1-2H3;3H,1-2H3/t18?,20?,22?,24-,25?;/m0./s1. The van der Waals surface area contributed by atoms with Gasteiger partial charge in [0.15, 0.2) is 0 Å². The zero-order valence-corrected chi connectivity index (χ0v) is 20.2. The van der Waals surface area contributed by atoms with E-state index in [9.17, 15) is 0 Å². The van der Waals surface area contributed by atoms with Gasteiger partial charge in [0.25, 0.3) is 0 Å². The number of hydrogen-bond donors (Lipinski definition) is 0. The van der Waals surface area contributed by atoms with Gasteiger partial charge in [0.05, 0.1) is 11.7 Å². The Morgan fingerprint density at radius 1 is 1.09 bits per heavy atom. The van der Waals surface area contributed by atoms with E-state index in [1.807, 2.05) is 29.5 Å². The molecule has 2 fully saturated rings. The molecule has 6 rings (SSSR count). The molecule has 0 N–H and O–H groups in total. The smallest absolute Gasteiger partial charge is 0.117 e. The maximum Gasteiger partial charge on any atom is 0.117 e. The van der Waals surface area contributed by atoms with Gasteiger partial charge in [-0.2, -0.15) is 5.10 Å². The predicted octanol–water partition coefficient (Wildman–Crippen LogP) is 6.78. The molecule has 170 valence electrons. The topological polar surface area (TPSA) is 42.5 Å². The molecule has 0 saturated heterocycles. The molecule has 4 aliphatic carbocycles. The predicted molar refractivity (Wildman–Crippen MR) is 133 cm³/mol. The van der Waals surface area contributed by atoms with Gasteiger partial charge in [-0.15, -0.1) is 0 Å². The molecular weight excluding hydrogens is 392 g/mol. The minimum atomic E-state index is 0.296. The average molecular weight is 431 g/mol. The van der Waals surface area contributed by atoms with Crippen molar-refractivity contribution >= 4 is 17.3 Å². The zero-order chi connectivity index (χ0) is 22.3. The average Bonchev–Trinajstić information content (AvgIpc) is 3.39. The van der Waals surface area contributed by atoms with Gasteiger partial charge in [-0.25, -0.2) is 9.50 Å². The van der Waals surface area contributed by atoms with Crippen molar-refractivity contribution in [1.29, 1.82) is 0 Å². The highest BCUT2D eigenvalue weighted by Gasteiger charge is 2.56. The Hall–Kier alpha value is -2.23. The molecule has 0 radical (unpaired) electrons. The van der Waals surface area contributed by atoms with Crippen molar-refractivity contribution in [2.45, 2.75) is 72.1 Å². The van der Waals surface area contributed by atoms with E-state index in [0.29, 0.717) is 10.8 Å². The monoisotopic (exact) mass is 430 g/mol. The largest absolute Gasteiger partial charge is 0.301 e. The first-order valence-corrected chi connectivity index (χ1v) is 12.6. The van der Waals surface area contributed by atoms with Crippen LogP contribution in [0.3, 0.4) is 0 Å². The number of fused-ring (bicyclic) bond motifs is 6. The molecule has 2 aromatic heterocycles. The van der Waals surface area contributed by atoms with Gasteiger partial charge in [0.1, 0.15) is 6.33 Å². The van der Waals surface area contributed by atoms with E-state index in [0.717, 1.165) is 17.8 Å². The van der Waals surface area contributed by atoms with E-state index in [-0.39, 0.29) is 0 Å². The first kappa shape index (κ1) is 21.6. The van der Waals surface area contributed by atoms with Crippen molar-refractivity contribution in [3.63, 3.8) is 0 Å². The quantitative estimate of drug-likeness (QED) is 0.369. The SMILES string of the molecule is CC12CCC3C(CC=C4CCCC[C@@]43C)C1CC=C2c1cnn2cnccc12.CC=NC. The molecule has 32 heavy (non-hydrogen) atoms.